The molecule has 0 aliphatic carbocycles. The molecule has 0 saturated carbocycles. The van der Waals surface area contributed by atoms with Gasteiger partial charge in [0.25, 0.3) is 0 Å². The summed E-state index contributed by atoms with van der Waals surface area (Å²) in [6.07, 6.45) is 2.36. The fourth-order valence-electron chi connectivity index (χ4n) is 2.42. The lowest BCUT2D eigenvalue weighted by molar-refractivity contribution is 0.0430. The lowest BCUT2D eigenvalue weighted by Crippen LogP contribution is -2.50. The largest absolute Gasteiger partial charge is 0.445 e. The van der Waals surface area contributed by atoms with Gasteiger partial charge >= 0.3 is 6.09 Å². The molecule has 25 heavy (non-hydrogen) atoms. The number of benzene rings is 2. The van der Waals surface area contributed by atoms with E-state index in [1.165, 1.54) is 17.2 Å². The number of hydrogen-bond acceptors (Lipinski definition) is 4. The van der Waals surface area contributed by atoms with E-state index in [0.29, 0.717) is 5.69 Å². The number of amides is 1. The van der Waals surface area contributed by atoms with Gasteiger partial charge in [-0.25, -0.2) is 14.2 Å². The van der Waals surface area contributed by atoms with E-state index in [4.69, 9.17) is 9.57 Å². The minimum atomic E-state index is -0.566. The lowest BCUT2D eigenvalue weighted by atomic mass is 10.2. The number of nitrogens with one attached hydrogen (secondary N) is 1. The van der Waals surface area contributed by atoms with E-state index in [2.05, 4.69) is 5.32 Å². The summed E-state index contributed by atoms with van der Waals surface area (Å²) in [5, 5.41) is 4.25. The highest BCUT2D eigenvalue weighted by Crippen LogP contribution is 2.22. The van der Waals surface area contributed by atoms with Gasteiger partial charge in [0.2, 0.25) is 0 Å². The second kappa shape index (κ2) is 7.81. The summed E-state index contributed by atoms with van der Waals surface area (Å²) in [5.41, 5.74) is 1.53. The fourth-order valence-corrected chi connectivity index (χ4v) is 2.42. The Labute approximate surface area is 145 Å². The third-order valence-corrected chi connectivity index (χ3v) is 3.66. The first kappa shape index (κ1) is 17.0. The van der Waals surface area contributed by atoms with Gasteiger partial charge in [-0.1, -0.05) is 36.4 Å². The Morgan fingerprint density at radius 2 is 1.88 bits per heavy atom. The summed E-state index contributed by atoms with van der Waals surface area (Å²) in [6.45, 7) is 2.05. The Balaban J connectivity index is 1.64. The van der Waals surface area contributed by atoms with Crippen LogP contribution in [-0.2, 0) is 16.2 Å². The summed E-state index contributed by atoms with van der Waals surface area (Å²) >= 11 is 0. The Hall–Kier alpha value is -2.86. The average Bonchev–Trinajstić information content (AvgIpc) is 2.63. The van der Waals surface area contributed by atoms with Crippen LogP contribution in [0.15, 0.2) is 66.7 Å². The maximum atomic E-state index is 13.1. The average molecular weight is 342 g/mol. The third-order valence-electron chi connectivity index (χ3n) is 3.66. The molecule has 0 fully saturated rings. The van der Waals surface area contributed by atoms with Crippen LogP contribution in [0.2, 0.25) is 0 Å². The van der Waals surface area contributed by atoms with Crippen LogP contribution in [0.25, 0.3) is 0 Å². The zero-order valence-corrected chi connectivity index (χ0v) is 13.8. The molecule has 1 aliphatic heterocycles. The molecule has 2 aromatic rings. The second-order valence-electron chi connectivity index (χ2n) is 5.65. The van der Waals surface area contributed by atoms with Crippen molar-refractivity contribution in [2.75, 3.05) is 5.06 Å². The molecule has 3 rings (SSSR count). The van der Waals surface area contributed by atoms with Gasteiger partial charge in [0.1, 0.15) is 24.7 Å². The van der Waals surface area contributed by atoms with Crippen molar-refractivity contribution in [3.63, 3.8) is 0 Å². The number of ether oxygens (including phenoxy) is 1. The molecule has 1 N–H and O–H groups in total. The first-order chi connectivity index (χ1) is 12.1. The zero-order chi connectivity index (χ0) is 17.6. The number of hydrogen-bond donors (Lipinski definition) is 1. The molecule has 0 radical (unpaired) electrons. The molecule has 1 aliphatic rings. The summed E-state index contributed by atoms with van der Waals surface area (Å²) < 4.78 is 18.4. The number of nitrogens with zero attached hydrogens (tertiary/aromatic N) is 1. The molecule has 130 valence electrons. The van der Waals surface area contributed by atoms with Gasteiger partial charge in [0.15, 0.2) is 0 Å². The Bertz CT molecular complexity index is 734. The predicted molar refractivity (Wildman–Crippen MR) is 92.1 cm³/mol. The van der Waals surface area contributed by atoms with Crippen LogP contribution in [0.1, 0.15) is 12.5 Å². The van der Waals surface area contributed by atoms with E-state index in [0.717, 1.165) is 5.56 Å². The van der Waals surface area contributed by atoms with Crippen LogP contribution in [0.4, 0.5) is 14.9 Å². The quantitative estimate of drug-likeness (QED) is 0.859. The van der Waals surface area contributed by atoms with Gasteiger partial charge in [0.05, 0.1) is 5.69 Å². The van der Waals surface area contributed by atoms with Crippen LogP contribution < -0.4 is 10.4 Å². The van der Waals surface area contributed by atoms with Crippen LogP contribution in [0.5, 0.6) is 0 Å². The van der Waals surface area contributed by atoms with Crippen molar-refractivity contribution in [1.82, 2.24) is 5.32 Å². The van der Waals surface area contributed by atoms with Crippen molar-refractivity contribution in [1.29, 1.82) is 0 Å². The first-order valence-corrected chi connectivity index (χ1v) is 7.99. The standard InChI is InChI=1S/C19H19FN2O3/c1-14-7-12-18(22(25-14)17-10-8-16(20)9-11-17)21-19(23)24-13-15-5-3-2-4-6-15/h2-12,14,18H,13H2,1H3,(H,21,23)/t14-,18-/m0/s1. The predicted octanol–water partition coefficient (Wildman–Crippen LogP) is 3.77. The molecule has 1 amide bonds. The zero-order valence-electron chi connectivity index (χ0n) is 13.8. The lowest BCUT2D eigenvalue weighted by Gasteiger charge is -2.35. The number of rotatable bonds is 4. The topological polar surface area (TPSA) is 50.8 Å². The molecular formula is C19H19FN2O3. The minimum Gasteiger partial charge on any atom is -0.445 e. The highest BCUT2D eigenvalue weighted by Gasteiger charge is 2.25. The molecule has 0 spiro atoms. The highest BCUT2D eigenvalue weighted by molar-refractivity contribution is 5.68. The molecule has 0 unspecified atom stereocenters. The summed E-state index contributed by atoms with van der Waals surface area (Å²) in [7, 11) is 0. The van der Waals surface area contributed by atoms with E-state index in [1.807, 2.05) is 43.3 Å². The van der Waals surface area contributed by atoms with Gasteiger partial charge in [-0.15, -0.1) is 0 Å². The van der Waals surface area contributed by atoms with Crippen molar-refractivity contribution < 1.29 is 18.8 Å². The summed E-state index contributed by atoms with van der Waals surface area (Å²) in [4.78, 5) is 17.8. The van der Waals surface area contributed by atoms with Gasteiger partial charge in [-0.05, 0) is 42.8 Å². The Morgan fingerprint density at radius 1 is 1.16 bits per heavy atom. The number of hydroxylamine groups is 1. The summed E-state index contributed by atoms with van der Waals surface area (Å²) in [6, 6.07) is 15.3. The van der Waals surface area contributed by atoms with Crippen molar-refractivity contribution in [3.8, 4) is 0 Å². The van der Waals surface area contributed by atoms with Gasteiger partial charge in [0, 0.05) is 0 Å². The van der Waals surface area contributed by atoms with Crippen molar-refractivity contribution in [2.24, 2.45) is 0 Å². The van der Waals surface area contributed by atoms with Gasteiger partial charge < -0.3 is 4.74 Å². The van der Waals surface area contributed by atoms with Crippen molar-refractivity contribution in [2.45, 2.75) is 25.8 Å². The van der Waals surface area contributed by atoms with Crippen molar-refractivity contribution in [3.05, 3.63) is 78.1 Å². The van der Waals surface area contributed by atoms with E-state index < -0.39 is 12.3 Å². The molecule has 0 saturated heterocycles. The second-order valence-corrected chi connectivity index (χ2v) is 5.65. The molecule has 0 bridgehead atoms. The molecule has 0 aromatic heterocycles. The van der Waals surface area contributed by atoms with E-state index in [-0.39, 0.29) is 18.5 Å². The molecule has 1 heterocycles. The molecule has 2 atom stereocenters. The maximum absolute atomic E-state index is 13.1. The SMILES string of the molecule is C[C@H]1C=C[C@@H](NC(=O)OCc2ccccc2)N(c2ccc(F)cc2)O1. The Morgan fingerprint density at radius 3 is 2.60 bits per heavy atom. The normalized spacial score (nSPS) is 19.5. The van der Waals surface area contributed by atoms with Crippen LogP contribution >= 0.6 is 0 Å². The summed E-state index contributed by atoms with van der Waals surface area (Å²) in [5.74, 6) is -0.337. The maximum Gasteiger partial charge on any atom is 0.409 e. The van der Waals surface area contributed by atoms with Crippen LogP contribution in [0, 0.1) is 5.82 Å². The van der Waals surface area contributed by atoms with Gasteiger partial charge in [-0.3, -0.25) is 10.2 Å². The monoisotopic (exact) mass is 342 g/mol. The minimum absolute atomic E-state index is 0.163. The Kier molecular flexibility index (Phi) is 5.30. The highest BCUT2D eigenvalue weighted by atomic mass is 19.1. The van der Waals surface area contributed by atoms with Crippen molar-refractivity contribution >= 4 is 11.8 Å². The van der Waals surface area contributed by atoms with Crippen LogP contribution in [-0.4, -0.2) is 18.4 Å². The number of halogens is 1. The van der Waals surface area contributed by atoms with E-state index in [1.54, 1.807) is 18.2 Å². The van der Waals surface area contributed by atoms with Gasteiger partial charge in [-0.2, -0.15) is 0 Å². The first-order valence-electron chi connectivity index (χ1n) is 7.99. The number of carbonyl (C=O) groups is 1. The number of carbonyl (C=O) groups excluding carboxylic acids is 1. The number of alkyl carbamates (subject to hydrolysis) is 1. The van der Waals surface area contributed by atoms with Crippen LogP contribution in [0.3, 0.4) is 0 Å². The van der Waals surface area contributed by atoms with E-state index >= 15 is 0 Å². The molecule has 2 aromatic carbocycles. The fraction of sp³-hybridized carbons (Fsp3) is 0.211. The molecule has 6 heteroatoms. The number of anilines is 1. The van der Waals surface area contributed by atoms with E-state index in [9.17, 15) is 9.18 Å². The smallest absolute Gasteiger partial charge is 0.409 e. The third kappa shape index (κ3) is 4.58. The molecular weight excluding hydrogens is 323 g/mol. The molecule has 5 nitrogen and oxygen atoms in total.